The molecule has 0 aromatic heterocycles. The van der Waals surface area contributed by atoms with Crippen molar-refractivity contribution in [3.05, 3.63) is 0 Å². The minimum absolute atomic E-state index is 0.100. The number of aliphatic hydroxyl groups excluding tert-OH is 1. The van der Waals surface area contributed by atoms with Crippen LogP contribution >= 0.6 is 15.6 Å². The second kappa shape index (κ2) is 51.5. The maximum atomic E-state index is 12.9. The van der Waals surface area contributed by atoms with Gasteiger partial charge in [-0.25, -0.2) is 9.13 Å². The lowest BCUT2D eigenvalue weighted by molar-refractivity contribution is -0.161. The molecule has 0 saturated carbocycles. The Bertz CT molecular complexity index is 1610. The summed E-state index contributed by atoms with van der Waals surface area (Å²) in [5.74, 6) is 0.699. The molecular formula is C61H118O17P2. The van der Waals surface area contributed by atoms with Crippen LogP contribution in [-0.2, 0) is 65.4 Å². The Morgan fingerprint density at radius 2 is 0.600 bits per heavy atom. The summed E-state index contributed by atoms with van der Waals surface area (Å²) >= 11 is 0. The maximum absolute atomic E-state index is 12.9. The molecule has 0 spiro atoms. The minimum atomic E-state index is -4.94. The van der Waals surface area contributed by atoms with Gasteiger partial charge < -0.3 is 33.8 Å². The van der Waals surface area contributed by atoms with Crippen molar-refractivity contribution in [2.75, 3.05) is 39.6 Å². The van der Waals surface area contributed by atoms with Gasteiger partial charge in [-0.1, -0.05) is 235 Å². The summed E-state index contributed by atoms with van der Waals surface area (Å²) in [5, 5.41) is 10.5. The third kappa shape index (κ3) is 52.8. The third-order valence-electron chi connectivity index (χ3n) is 14.5. The predicted molar refractivity (Wildman–Crippen MR) is 317 cm³/mol. The number of aliphatic hydroxyl groups is 1. The van der Waals surface area contributed by atoms with Gasteiger partial charge in [0.25, 0.3) is 0 Å². The zero-order valence-electron chi connectivity index (χ0n) is 51.7. The van der Waals surface area contributed by atoms with Crippen LogP contribution in [0.5, 0.6) is 0 Å². The number of carbonyl (C=O) groups excluding carboxylic acids is 4. The molecule has 17 nitrogen and oxygen atoms in total. The van der Waals surface area contributed by atoms with E-state index < -0.39 is 97.5 Å². The lowest BCUT2D eigenvalue weighted by Crippen LogP contribution is -2.30. The van der Waals surface area contributed by atoms with Crippen molar-refractivity contribution >= 4 is 39.5 Å². The van der Waals surface area contributed by atoms with Gasteiger partial charge in [-0.2, -0.15) is 0 Å². The van der Waals surface area contributed by atoms with Crippen LogP contribution in [0.1, 0.15) is 287 Å². The van der Waals surface area contributed by atoms with Gasteiger partial charge in [0.1, 0.15) is 19.3 Å². The Labute approximate surface area is 486 Å². The number of phosphoric ester groups is 2. The molecule has 0 aliphatic heterocycles. The first kappa shape index (κ1) is 78.1. The number of rotatable bonds is 58. The molecule has 19 heteroatoms. The first-order chi connectivity index (χ1) is 38.2. The van der Waals surface area contributed by atoms with E-state index in [9.17, 15) is 43.2 Å². The molecule has 0 radical (unpaired) electrons. The fourth-order valence-corrected chi connectivity index (χ4v) is 10.4. The molecule has 0 aliphatic rings. The minimum Gasteiger partial charge on any atom is -0.462 e. The highest BCUT2D eigenvalue weighted by atomic mass is 31.2. The highest BCUT2D eigenvalue weighted by Gasteiger charge is 2.30. The highest BCUT2D eigenvalue weighted by Crippen LogP contribution is 2.45. The second-order valence-electron chi connectivity index (χ2n) is 23.5. The SMILES string of the molecule is CCC(C)CCCCCCCCCCC(=O)O[C@H](COC(=O)CCCCCCCCC(C)CC)COP(=O)(O)OC[C@@H](O)COP(=O)(O)OC[C@@H](COC(=O)CCCCCCCCC(C)C)OC(=O)CCCCCCCCC(C)C. The zero-order valence-corrected chi connectivity index (χ0v) is 53.5. The van der Waals surface area contributed by atoms with E-state index in [0.29, 0.717) is 37.5 Å². The van der Waals surface area contributed by atoms with E-state index in [-0.39, 0.29) is 25.7 Å². The molecular weight excluding hydrogens is 1070 g/mol. The molecule has 4 unspecified atom stereocenters. The average molecular weight is 1190 g/mol. The number of hydrogen-bond donors (Lipinski definition) is 3. The molecule has 0 bridgehead atoms. The number of carbonyl (C=O) groups is 4. The number of hydrogen-bond acceptors (Lipinski definition) is 15. The Balaban J connectivity index is 5.26. The average Bonchev–Trinajstić information content (AvgIpc) is 3.41. The molecule has 0 heterocycles. The summed E-state index contributed by atoms with van der Waals surface area (Å²) in [6, 6.07) is 0. The Morgan fingerprint density at radius 1 is 0.350 bits per heavy atom. The molecule has 0 aliphatic carbocycles. The molecule has 474 valence electrons. The van der Waals surface area contributed by atoms with E-state index in [1.54, 1.807) is 0 Å². The van der Waals surface area contributed by atoms with Gasteiger partial charge in [0.2, 0.25) is 0 Å². The molecule has 80 heavy (non-hydrogen) atoms. The summed E-state index contributed by atoms with van der Waals surface area (Å²) in [5.41, 5.74) is 0. The van der Waals surface area contributed by atoms with E-state index in [1.807, 2.05) is 0 Å². The fraction of sp³-hybridized carbons (Fsp3) is 0.934. The lowest BCUT2D eigenvalue weighted by atomic mass is 9.99. The first-order valence-electron chi connectivity index (χ1n) is 31.8. The predicted octanol–water partition coefficient (Wildman–Crippen LogP) is 16.2. The Morgan fingerprint density at radius 3 is 0.887 bits per heavy atom. The van der Waals surface area contributed by atoms with E-state index >= 15 is 0 Å². The van der Waals surface area contributed by atoms with E-state index in [4.69, 9.17) is 37.0 Å². The van der Waals surface area contributed by atoms with Crippen molar-refractivity contribution in [3.8, 4) is 0 Å². The van der Waals surface area contributed by atoms with Crippen LogP contribution in [0.15, 0.2) is 0 Å². The van der Waals surface area contributed by atoms with Crippen molar-refractivity contribution in [2.45, 2.75) is 305 Å². The van der Waals surface area contributed by atoms with E-state index in [2.05, 4.69) is 55.4 Å². The second-order valence-corrected chi connectivity index (χ2v) is 26.4. The highest BCUT2D eigenvalue weighted by molar-refractivity contribution is 7.47. The number of phosphoric acid groups is 2. The molecule has 0 rings (SSSR count). The van der Waals surface area contributed by atoms with Gasteiger partial charge >= 0.3 is 39.5 Å². The summed E-state index contributed by atoms with van der Waals surface area (Å²) in [7, 11) is -9.88. The molecule has 0 saturated heterocycles. The smallest absolute Gasteiger partial charge is 0.462 e. The molecule has 7 atom stereocenters. The van der Waals surface area contributed by atoms with Gasteiger partial charge in [-0.3, -0.25) is 37.3 Å². The van der Waals surface area contributed by atoms with E-state index in [0.717, 1.165) is 115 Å². The summed E-state index contributed by atoms with van der Waals surface area (Å²) < 4.78 is 67.8. The molecule has 0 fully saturated rings. The fourth-order valence-electron chi connectivity index (χ4n) is 8.83. The normalized spacial score (nSPS) is 15.2. The van der Waals surface area contributed by atoms with Crippen LogP contribution in [0, 0.1) is 23.7 Å². The molecule has 0 aromatic carbocycles. The van der Waals surface area contributed by atoms with Gasteiger partial charge in [0.05, 0.1) is 26.4 Å². The zero-order chi connectivity index (χ0) is 59.7. The van der Waals surface area contributed by atoms with Gasteiger partial charge in [-0.05, 0) is 49.4 Å². The van der Waals surface area contributed by atoms with Gasteiger partial charge in [0, 0.05) is 25.7 Å². The van der Waals surface area contributed by atoms with Crippen molar-refractivity contribution in [1.29, 1.82) is 0 Å². The number of ether oxygens (including phenoxy) is 4. The van der Waals surface area contributed by atoms with Crippen molar-refractivity contribution in [2.24, 2.45) is 23.7 Å². The maximum Gasteiger partial charge on any atom is 0.472 e. The quantitative estimate of drug-likeness (QED) is 0.0222. The molecule has 0 aromatic rings. The largest absolute Gasteiger partial charge is 0.472 e. The Kier molecular flexibility index (Phi) is 50.2. The standard InChI is InChI=1S/C61H118O17P2/c1-9-53(7)39-31-23-13-11-12-14-27-35-43-60(65)77-56(47-72-59(64)42-34-26-20-17-24-32-40-54(8)10-2)49-75-79(67,68)73-45-55(62)46-74-80(69,70)76-50-57(78-61(66)44-36-28-19-16-22-30-38-52(5)6)48-71-58(63)41-33-25-18-15-21-29-37-51(3)4/h51-57,62H,9-50H2,1-8H3,(H,67,68)(H,69,70)/t53?,54?,55-,56-,57-/m1/s1. The van der Waals surface area contributed by atoms with Gasteiger partial charge in [-0.15, -0.1) is 0 Å². The monoisotopic (exact) mass is 1180 g/mol. The number of unbranched alkanes of at least 4 members (excludes halogenated alkanes) is 22. The van der Waals surface area contributed by atoms with Crippen LogP contribution < -0.4 is 0 Å². The summed E-state index contributed by atoms with van der Waals surface area (Å²) in [4.78, 5) is 72.0. The van der Waals surface area contributed by atoms with Crippen LogP contribution in [0.25, 0.3) is 0 Å². The number of esters is 4. The van der Waals surface area contributed by atoms with Crippen LogP contribution in [0.4, 0.5) is 0 Å². The van der Waals surface area contributed by atoms with E-state index in [1.165, 1.54) is 77.0 Å². The van der Waals surface area contributed by atoms with Crippen LogP contribution in [0.3, 0.4) is 0 Å². The molecule has 0 amide bonds. The van der Waals surface area contributed by atoms with Crippen LogP contribution in [0.2, 0.25) is 0 Å². The molecule has 3 N–H and O–H groups in total. The Hall–Kier alpha value is -1.94. The lowest BCUT2D eigenvalue weighted by Gasteiger charge is -2.21. The summed E-state index contributed by atoms with van der Waals surface area (Å²) in [6.45, 7) is 13.8. The van der Waals surface area contributed by atoms with Crippen LogP contribution in [-0.4, -0.2) is 96.7 Å². The first-order valence-corrected chi connectivity index (χ1v) is 34.8. The van der Waals surface area contributed by atoms with Crippen molar-refractivity contribution in [1.82, 2.24) is 0 Å². The topological polar surface area (TPSA) is 237 Å². The third-order valence-corrected chi connectivity index (χ3v) is 16.4. The van der Waals surface area contributed by atoms with Crippen molar-refractivity contribution in [3.63, 3.8) is 0 Å². The van der Waals surface area contributed by atoms with Gasteiger partial charge in [0.15, 0.2) is 12.2 Å². The summed E-state index contributed by atoms with van der Waals surface area (Å²) in [6.07, 6.45) is 29.7. The van der Waals surface area contributed by atoms with Crippen molar-refractivity contribution < 1.29 is 80.2 Å².